The van der Waals surface area contributed by atoms with E-state index in [0.717, 1.165) is 25.8 Å². The van der Waals surface area contributed by atoms with Gasteiger partial charge < -0.3 is 30.8 Å². The first-order chi connectivity index (χ1) is 8.54. The minimum atomic E-state index is -1.55. The van der Waals surface area contributed by atoms with E-state index in [1.165, 1.54) is 6.42 Å². The summed E-state index contributed by atoms with van der Waals surface area (Å²) in [6.45, 7) is 2.35. The Morgan fingerprint density at radius 3 is 2.06 bits per heavy atom. The minimum Gasteiger partial charge on any atom is -0.394 e. The molecule has 0 saturated carbocycles. The van der Waals surface area contributed by atoms with E-state index in [-0.39, 0.29) is 6.54 Å². The van der Waals surface area contributed by atoms with Gasteiger partial charge in [-0.3, -0.25) is 0 Å². The zero-order valence-electron chi connectivity index (χ0n) is 11.0. The van der Waals surface area contributed by atoms with Gasteiger partial charge in [0.05, 0.1) is 12.7 Å². The smallest absolute Gasteiger partial charge is 0.111 e. The van der Waals surface area contributed by atoms with Gasteiger partial charge in [0.1, 0.15) is 18.3 Å². The fourth-order valence-electron chi connectivity index (χ4n) is 1.61. The summed E-state index contributed by atoms with van der Waals surface area (Å²) in [5, 5.41) is 49.2. The molecule has 6 heteroatoms. The van der Waals surface area contributed by atoms with Crippen molar-refractivity contribution < 1.29 is 25.5 Å². The number of rotatable bonds is 11. The molecule has 0 aromatic rings. The average molecular weight is 265 g/mol. The summed E-state index contributed by atoms with van der Waals surface area (Å²) in [5.41, 5.74) is 0. The van der Waals surface area contributed by atoms with Gasteiger partial charge in [0.15, 0.2) is 0 Å². The highest BCUT2D eigenvalue weighted by Crippen LogP contribution is 2.04. The molecule has 18 heavy (non-hydrogen) atoms. The summed E-state index contributed by atoms with van der Waals surface area (Å²) in [6, 6.07) is 0. The van der Waals surface area contributed by atoms with Gasteiger partial charge in [-0.1, -0.05) is 26.2 Å². The molecule has 0 aliphatic heterocycles. The number of aliphatic hydroxyl groups is 5. The lowest BCUT2D eigenvalue weighted by atomic mass is 10.0. The Bertz CT molecular complexity index is 193. The van der Waals surface area contributed by atoms with Crippen LogP contribution in [0.3, 0.4) is 0 Å². The van der Waals surface area contributed by atoms with E-state index < -0.39 is 31.0 Å². The third kappa shape index (κ3) is 7.25. The number of nitrogens with one attached hydrogen (secondary N) is 1. The van der Waals surface area contributed by atoms with Crippen LogP contribution in [0.5, 0.6) is 0 Å². The quantitative estimate of drug-likeness (QED) is 0.256. The topological polar surface area (TPSA) is 113 Å². The van der Waals surface area contributed by atoms with Crippen LogP contribution in [-0.4, -0.2) is 69.6 Å². The normalized spacial score (nSPS) is 18.3. The summed E-state index contributed by atoms with van der Waals surface area (Å²) in [6.07, 6.45) is -1.19. The molecule has 0 amide bonds. The van der Waals surface area contributed by atoms with Crippen LogP contribution in [-0.2, 0) is 0 Å². The molecule has 0 heterocycles. The largest absolute Gasteiger partial charge is 0.394 e. The molecule has 0 radical (unpaired) electrons. The molecule has 6 nitrogen and oxygen atoms in total. The van der Waals surface area contributed by atoms with Crippen molar-refractivity contribution >= 4 is 0 Å². The highest BCUT2D eigenvalue weighted by molar-refractivity contribution is 4.81. The molecule has 0 spiro atoms. The fourth-order valence-corrected chi connectivity index (χ4v) is 1.61. The van der Waals surface area contributed by atoms with Crippen LogP contribution in [0.2, 0.25) is 0 Å². The molecule has 0 aromatic carbocycles. The van der Waals surface area contributed by atoms with Crippen molar-refractivity contribution in [2.45, 2.75) is 57.0 Å². The van der Waals surface area contributed by atoms with Crippen molar-refractivity contribution in [1.29, 1.82) is 0 Å². The molecule has 0 rings (SSSR count). The Morgan fingerprint density at radius 1 is 0.889 bits per heavy atom. The zero-order chi connectivity index (χ0) is 14.0. The molecule has 110 valence electrons. The van der Waals surface area contributed by atoms with Crippen LogP contribution in [0.15, 0.2) is 0 Å². The second-order valence-corrected chi connectivity index (χ2v) is 4.56. The van der Waals surface area contributed by atoms with Gasteiger partial charge in [-0.25, -0.2) is 0 Å². The molecule has 0 aliphatic rings. The first-order valence-electron chi connectivity index (χ1n) is 6.58. The second kappa shape index (κ2) is 10.7. The molecule has 0 fully saturated rings. The summed E-state index contributed by atoms with van der Waals surface area (Å²) < 4.78 is 0. The Hall–Kier alpha value is -0.240. The Kier molecular flexibility index (Phi) is 10.5. The highest BCUT2D eigenvalue weighted by atomic mass is 16.4. The predicted molar refractivity (Wildman–Crippen MR) is 68.1 cm³/mol. The standard InChI is InChI=1S/C12H27NO5/c1-2-3-4-5-6-13-7-9(15)11(17)12(18)10(16)8-14/h9-18H,2-8H2,1H3. The maximum Gasteiger partial charge on any atom is 0.111 e. The van der Waals surface area contributed by atoms with Gasteiger partial charge in [-0.15, -0.1) is 0 Å². The molecule has 4 unspecified atom stereocenters. The number of hydrogen-bond donors (Lipinski definition) is 6. The van der Waals surface area contributed by atoms with Crippen molar-refractivity contribution in [2.24, 2.45) is 0 Å². The van der Waals surface area contributed by atoms with Crippen molar-refractivity contribution in [3.8, 4) is 0 Å². The monoisotopic (exact) mass is 265 g/mol. The van der Waals surface area contributed by atoms with Crippen LogP contribution in [0.25, 0.3) is 0 Å². The maximum atomic E-state index is 9.57. The lowest BCUT2D eigenvalue weighted by Crippen LogP contribution is -2.49. The van der Waals surface area contributed by atoms with Crippen LogP contribution < -0.4 is 5.32 Å². The first-order valence-corrected chi connectivity index (χ1v) is 6.58. The van der Waals surface area contributed by atoms with Crippen molar-refractivity contribution in [2.75, 3.05) is 19.7 Å². The Morgan fingerprint density at radius 2 is 1.50 bits per heavy atom. The van der Waals surface area contributed by atoms with E-state index in [2.05, 4.69) is 12.2 Å². The van der Waals surface area contributed by atoms with E-state index in [4.69, 9.17) is 10.2 Å². The van der Waals surface area contributed by atoms with Crippen LogP contribution >= 0.6 is 0 Å². The summed E-state index contributed by atoms with van der Waals surface area (Å²) >= 11 is 0. The zero-order valence-corrected chi connectivity index (χ0v) is 11.0. The minimum absolute atomic E-state index is 0.141. The third-order valence-corrected chi connectivity index (χ3v) is 2.89. The number of aliphatic hydroxyl groups excluding tert-OH is 5. The average Bonchev–Trinajstić information content (AvgIpc) is 2.39. The van der Waals surface area contributed by atoms with Crippen LogP contribution in [0.4, 0.5) is 0 Å². The van der Waals surface area contributed by atoms with Gasteiger partial charge >= 0.3 is 0 Å². The lowest BCUT2D eigenvalue weighted by Gasteiger charge is -2.25. The van der Waals surface area contributed by atoms with E-state index in [1.54, 1.807) is 0 Å². The van der Waals surface area contributed by atoms with E-state index >= 15 is 0 Å². The Balaban J connectivity index is 3.70. The number of unbranched alkanes of at least 4 members (excludes halogenated alkanes) is 3. The van der Waals surface area contributed by atoms with Gasteiger partial charge in [0.25, 0.3) is 0 Å². The molecule has 0 aromatic heterocycles. The molecular weight excluding hydrogens is 238 g/mol. The van der Waals surface area contributed by atoms with Crippen molar-refractivity contribution in [1.82, 2.24) is 5.32 Å². The molecule has 0 saturated heterocycles. The van der Waals surface area contributed by atoms with Gasteiger partial charge in [0, 0.05) is 6.54 Å². The summed E-state index contributed by atoms with van der Waals surface area (Å²) in [5.74, 6) is 0. The molecule has 4 atom stereocenters. The van der Waals surface area contributed by atoms with Gasteiger partial charge in [-0.2, -0.15) is 0 Å². The highest BCUT2D eigenvalue weighted by Gasteiger charge is 2.29. The number of hydrogen-bond acceptors (Lipinski definition) is 6. The SMILES string of the molecule is CCCCCCNCC(O)C(O)C(O)C(O)CO. The molecule has 6 N–H and O–H groups in total. The molecular formula is C12H27NO5. The van der Waals surface area contributed by atoms with Crippen molar-refractivity contribution in [3.05, 3.63) is 0 Å². The maximum absolute atomic E-state index is 9.57. The first kappa shape index (κ1) is 17.8. The summed E-state index contributed by atoms with van der Waals surface area (Å²) in [4.78, 5) is 0. The van der Waals surface area contributed by atoms with Gasteiger partial charge in [-0.05, 0) is 13.0 Å². The predicted octanol–water partition coefficient (Wildman–Crippen LogP) is -1.41. The van der Waals surface area contributed by atoms with Crippen LogP contribution in [0, 0.1) is 0 Å². The summed E-state index contributed by atoms with van der Waals surface area (Å²) in [7, 11) is 0. The molecule has 0 aliphatic carbocycles. The molecule has 0 bridgehead atoms. The lowest BCUT2D eigenvalue weighted by molar-refractivity contribution is -0.113. The van der Waals surface area contributed by atoms with Crippen LogP contribution in [0.1, 0.15) is 32.6 Å². The van der Waals surface area contributed by atoms with Crippen molar-refractivity contribution in [3.63, 3.8) is 0 Å². The third-order valence-electron chi connectivity index (χ3n) is 2.89. The van der Waals surface area contributed by atoms with Gasteiger partial charge in [0.2, 0.25) is 0 Å². The van der Waals surface area contributed by atoms with E-state index in [0.29, 0.717) is 0 Å². The second-order valence-electron chi connectivity index (χ2n) is 4.56. The van der Waals surface area contributed by atoms with E-state index in [9.17, 15) is 15.3 Å². The van der Waals surface area contributed by atoms with E-state index in [1.807, 2.05) is 0 Å². The fraction of sp³-hybridized carbons (Fsp3) is 1.00. The Labute approximate surface area is 108 Å².